The Morgan fingerprint density at radius 3 is 2.50 bits per heavy atom. The molecule has 0 aliphatic heterocycles. The first-order valence-electron chi connectivity index (χ1n) is 7.85. The summed E-state index contributed by atoms with van der Waals surface area (Å²) in [6, 6.07) is -0.912. The van der Waals surface area contributed by atoms with Crippen LogP contribution in [0, 0.1) is 5.92 Å². The summed E-state index contributed by atoms with van der Waals surface area (Å²) in [4.78, 5) is 34.6. The minimum absolute atomic E-state index is 0.161. The average molecular weight is 310 g/mol. The van der Waals surface area contributed by atoms with Crippen LogP contribution in [0.25, 0.3) is 0 Å². The molecule has 3 N–H and O–H groups in total. The number of amides is 2. The predicted molar refractivity (Wildman–Crippen MR) is 83.2 cm³/mol. The number of carboxylic acids is 1. The SMILES string of the molecule is CC(C)C[C@H](NC(=O)CNC(=O)CC1=CCCCC1)C(=O)O. The van der Waals surface area contributed by atoms with Gasteiger partial charge in [0, 0.05) is 6.42 Å². The van der Waals surface area contributed by atoms with Gasteiger partial charge in [0.1, 0.15) is 6.04 Å². The highest BCUT2D eigenvalue weighted by molar-refractivity contribution is 5.88. The van der Waals surface area contributed by atoms with Crippen molar-refractivity contribution >= 4 is 17.8 Å². The van der Waals surface area contributed by atoms with Gasteiger partial charge in [0.25, 0.3) is 0 Å². The number of aliphatic carboxylic acids is 1. The molecule has 1 rings (SSSR count). The molecule has 0 saturated carbocycles. The molecule has 6 nitrogen and oxygen atoms in total. The van der Waals surface area contributed by atoms with Gasteiger partial charge in [0.15, 0.2) is 0 Å². The van der Waals surface area contributed by atoms with Crippen LogP contribution in [0.1, 0.15) is 52.4 Å². The quantitative estimate of drug-likeness (QED) is 0.593. The summed E-state index contributed by atoms with van der Waals surface area (Å²) in [5.74, 6) is -1.56. The Labute approximate surface area is 131 Å². The first-order chi connectivity index (χ1) is 10.4. The highest BCUT2D eigenvalue weighted by atomic mass is 16.4. The third-order valence-electron chi connectivity index (χ3n) is 3.56. The Morgan fingerprint density at radius 1 is 1.23 bits per heavy atom. The second-order valence-corrected chi connectivity index (χ2v) is 6.15. The molecule has 2 amide bonds. The smallest absolute Gasteiger partial charge is 0.326 e. The van der Waals surface area contributed by atoms with Gasteiger partial charge in [0.05, 0.1) is 6.54 Å². The monoisotopic (exact) mass is 310 g/mol. The van der Waals surface area contributed by atoms with E-state index in [1.807, 2.05) is 13.8 Å². The van der Waals surface area contributed by atoms with Crippen molar-refractivity contribution in [1.82, 2.24) is 10.6 Å². The number of hydrogen-bond acceptors (Lipinski definition) is 3. The van der Waals surface area contributed by atoms with Crippen molar-refractivity contribution in [2.24, 2.45) is 5.92 Å². The number of carboxylic acid groups (broad SMARTS) is 1. The second-order valence-electron chi connectivity index (χ2n) is 6.15. The Hall–Kier alpha value is -1.85. The number of carbonyl (C=O) groups excluding carboxylic acids is 2. The van der Waals surface area contributed by atoms with Gasteiger partial charge in [0.2, 0.25) is 11.8 Å². The zero-order chi connectivity index (χ0) is 16.5. The molecule has 0 aromatic rings. The number of rotatable bonds is 8. The van der Waals surface area contributed by atoms with Crippen LogP contribution in [-0.4, -0.2) is 35.5 Å². The molecule has 0 aromatic carbocycles. The highest BCUT2D eigenvalue weighted by Crippen LogP contribution is 2.19. The lowest BCUT2D eigenvalue weighted by molar-refractivity contribution is -0.142. The zero-order valence-electron chi connectivity index (χ0n) is 13.4. The van der Waals surface area contributed by atoms with E-state index in [1.54, 1.807) is 0 Å². The number of nitrogens with one attached hydrogen (secondary N) is 2. The van der Waals surface area contributed by atoms with Gasteiger partial charge < -0.3 is 15.7 Å². The van der Waals surface area contributed by atoms with Gasteiger partial charge in [-0.15, -0.1) is 0 Å². The number of allylic oxidation sites excluding steroid dienone is 1. The fourth-order valence-corrected chi connectivity index (χ4v) is 2.45. The van der Waals surface area contributed by atoms with Crippen molar-refractivity contribution in [2.45, 2.75) is 58.4 Å². The van der Waals surface area contributed by atoms with Crippen molar-refractivity contribution in [3.63, 3.8) is 0 Å². The van der Waals surface area contributed by atoms with Crippen molar-refractivity contribution in [2.75, 3.05) is 6.54 Å². The Balaban J connectivity index is 2.33. The van der Waals surface area contributed by atoms with Crippen molar-refractivity contribution in [3.8, 4) is 0 Å². The molecule has 1 aliphatic rings. The van der Waals surface area contributed by atoms with E-state index in [9.17, 15) is 14.4 Å². The van der Waals surface area contributed by atoms with Crippen LogP contribution >= 0.6 is 0 Å². The third kappa shape index (κ3) is 7.24. The van der Waals surface area contributed by atoms with E-state index in [1.165, 1.54) is 6.42 Å². The van der Waals surface area contributed by atoms with Gasteiger partial charge >= 0.3 is 5.97 Å². The molecule has 124 valence electrons. The molecule has 1 atom stereocenters. The maximum absolute atomic E-state index is 11.8. The van der Waals surface area contributed by atoms with Crippen LogP contribution in [-0.2, 0) is 14.4 Å². The Kier molecular flexibility index (Phi) is 7.63. The molecule has 0 aromatic heterocycles. The first-order valence-corrected chi connectivity index (χ1v) is 7.85. The van der Waals surface area contributed by atoms with E-state index in [0.29, 0.717) is 12.8 Å². The molecule has 0 heterocycles. The van der Waals surface area contributed by atoms with Crippen LogP contribution in [0.4, 0.5) is 0 Å². The van der Waals surface area contributed by atoms with E-state index < -0.39 is 17.9 Å². The van der Waals surface area contributed by atoms with Gasteiger partial charge in [-0.3, -0.25) is 9.59 Å². The van der Waals surface area contributed by atoms with E-state index in [0.717, 1.165) is 24.8 Å². The summed E-state index contributed by atoms with van der Waals surface area (Å²) in [6.45, 7) is 3.59. The summed E-state index contributed by atoms with van der Waals surface area (Å²) in [6.07, 6.45) is 7.00. The van der Waals surface area contributed by atoms with Gasteiger partial charge in [-0.05, 0) is 38.0 Å². The molecule has 1 aliphatic carbocycles. The zero-order valence-corrected chi connectivity index (χ0v) is 13.4. The minimum atomic E-state index is -1.05. The molecule has 0 fully saturated rings. The average Bonchev–Trinajstić information content (AvgIpc) is 2.45. The van der Waals surface area contributed by atoms with Crippen molar-refractivity contribution in [3.05, 3.63) is 11.6 Å². The van der Waals surface area contributed by atoms with Gasteiger partial charge in [-0.1, -0.05) is 25.5 Å². The van der Waals surface area contributed by atoms with E-state index in [-0.39, 0.29) is 18.4 Å². The summed E-state index contributed by atoms with van der Waals surface area (Å²) in [5.41, 5.74) is 1.12. The molecule has 0 bridgehead atoms. The summed E-state index contributed by atoms with van der Waals surface area (Å²) >= 11 is 0. The highest BCUT2D eigenvalue weighted by Gasteiger charge is 2.21. The fourth-order valence-electron chi connectivity index (χ4n) is 2.45. The molecular weight excluding hydrogens is 284 g/mol. The normalized spacial score (nSPS) is 15.9. The lowest BCUT2D eigenvalue weighted by Gasteiger charge is -2.17. The molecule has 0 unspecified atom stereocenters. The lowest BCUT2D eigenvalue weighted by atomic mass is 9.97. The van der Waals surface area contributed by atoms with E-state index in [2.05, 4.69) is 16.7 Å². The van der Waals surface area contributed by atoms with Gasteiger partial charge in [-0.25, -0.2) is 4.79 Å². The molecule has 0 saturated heterocycles. The summed E-state index contributed by atoms with van der Waals surface area (Å²) in [7, 11) is 0. The predicted octanol–water partition coefficient (Wildman–Crippen LogP) is 1.61. The molecule has 22 heavy (non-hydrogen) atoms. The largest absolute Gasteiger partial charge is 0.480 e. The molecule has 0 spiro atoms. The third-order valence-corrected chi connectivity index (χ3v) is 3.56. The topological polar surface area (TPSA) is 95.5 Å². The standard InChI is InChI=1S/C16H26N2O4/c1-11(2)8-13(16(21)22)18-15(20)10-17-14(19)9-12-6-4-3-5-7-12/h6,11,13H,3-5,7-10H2,1-2H3,(H,17,19)(H,18,20)(H,21,22)/t13-/m0/s1. The van der Waals surface area contributed by atoms with Crippen LogP contribution in [0.5, 0.6) is 0 Å². The second kappa shape index (κ2) is 9.23. The maximum Gasteiger partial charge on any atom is 0.326 e. The molecular formula is C16H26N2O4. The lowest BCUT2D eigenvalue weighted by Crippen LogP contribution is -2.46. The minimum Gasteiger partial charge on any atom is -0.480 e. The Bertz CT molecular complexity index is 443. The van der Waals surface area contributed by atoms with Crippen LogP contribution < -0.4 is 10.6 Å². The van der Waals surface area contributed by atoms with Crippen molar-refractivity contribution in [1.29, 1.82) is 0 Å². The van der Waals surface area contributed by atoms with Crippen LogP contribution in [0.2, 0.25) is 0 Å². The molecule has 6 heteroatoms. The van der Waals surface area contributed by atoms with Crippen molar-refractivity contribution < 1.29 is 19.5 Å². The number of hydrogen-bond donors (Lipinski definition) is 3. The van der Waals surface area contributed by atoms with E-state index in [4.69, 9.17) is 5.11 Å². The maximum atomic E-state index is 11.8. The first kappa shape index (κ1) is 18.2. The number of carbonyl (C=O) groups is 3. The van der Waals surface area contributed by atoms with Crippen LogP contribution in [0.15, 0.2) is 11.6 Å². The van der Waals surface area contributed by atoms with Crippen LogP contribution in [0.3, 0.4) is 0 Å². The Morgan fingerprint density at radius 2 is 1.95 bits per heavy atom. The van der Waals surface area contributed by atoms with Gasteiger partial charge in [-0.2, -0.15) is 0 Å². The van der Waals surface area contributed by atoms with E-state index >= 15 is 0 Å². The summed E-state index contributed by atoms with van der Waals surface area (Å²) in [5, 5.41) is 14.0. The summed E-state index contributed by atoms with van der Waals surface area (Å²) < 4.78 is 0. The molecule has 0 radical (unpaired) electrons. The fraction of sp³-hybridized carbons (Fsp3) is 0.688.